The second-order valence-electron chi connectivity index (χ2n) is 5.52. The quantitative estimate of drug-likeness (QED) is 0.814. The minimum Gasteiger partial charge on any atom is -0.508 e. The molecular weight excluding hydrogens is 286 g/mol. The van der Waals surface area contributed by atoms with Gasteiger partial charge in [0.15, 0.2) is 0 Å². The fraction of sp³-hybridized carbons (Fsp3) is 0.294. The maximum Gasteiger partial charge on any atom is 0.120 e. The number of halogens is 1. The van der Waals surface area contributed by atoms with Crippen molar-refractivity contribution in [3.8, 4) is 5.75 Å². The third-order valence-electron chi connectivity index (χ3n) is 4.28. The molecule has 110 valence electrons. The highest BCUT2D eigenvalue weighted by Gasteiger charge is 2.37. The highest BCUT2D eigenvalue weighted by molar-refractivity contribution is 6.30. The van der Waals surface area contributed by atoms with Crippen molar-refractivity contribution >= 4 is 11.6 Å². The Morgan fingerprint density at radius 2 is 2.00 bits per heavy atom. The molecule has 3 N–H and O–H groups in total. The lowest BCUT2D eigenvalue weighted by Crippen LogP contribution is -2.43. The Bertz CT molecular complexity index is 659. The molecule has 1 aliphatic rings. The number of phenolic OH excluding ortho intramolecular Hbond substituents is 1. The van der Waals surface area contributed by atoms with Gasteiger partial charge < -0.3 is 15.5 Å². The van der Waals surface area contributed by atoms with Crippen molar-refractivity contribution in [1.29, 1.82) is 0 Å². The fourth-order valence-corrected chi connectivity index (χ4v) is 3.25. The van der Waals surface area contributed by atoms with Crippen LogP contribution in [-0.4, -0.2) is 16.8 Å². The van der Waals surface area contributed by atoms with E-state index in [4.69, 9.17) is 11.6 Å². The van der Waals surface area contributed by atoms with Crippen LogP contribution in [0.2, 0.25) is 5.02 Å². The van der Waals surface area contributed by atoms with Crippen molar-refractivity contribution in [3.63, 3.8) is 0 Å². The van der Waals surface area contributed by atoms with Gasteiger partial charge in [0.25, 0.3) is 0 Å². The Morgan fingerprint density at radius 3 is 2.81 bits per heavy atom. The number of benzene rings is 2. The standard InChI is InChI=1S/C17H18ClNO2/c18-14-5-6-16(21)13(9-14)10-19-17(11-20)8-7-12-3-1-2-4-15(12)17/h1-6,9,19-21H,7-8,10-11H2. The van der Waals surface area contributed by atoms with E-state index in [0.29, 0.717) is 11.6 Å². The average Bonchev–Trinajstić information content (AvgIpc) is 2.88. The lowest BCUT2D eigenvalue weighted by molar-refractivity contribution is 0.158. The molecule has 21 heavy (non-hydrogen) atoms. The summed E-state index contributed by atoms with van der Waals surface area (Å²) in [5, 5.41) is 23.8. The van der Waals surface area contributed by atoms with Gasteiger partial charge in [-0.3, -0.25) is 0 Å². The number of fused-ring (bicyclic) bond motifs is 1. The molecule has 0 aliphatic heterocycles. The monoisotopic (exact) mass is 303 g/mol. The molecule has 0 aromatic heterocycles. The Balaban J connectivity index is 1.85. The van der Waals surface area contributed by atoms with Gasteiger partial charge in [-0.05, 0) is 42.2 Å². The van der Waals surface area contributed by atoms with Crippen LogP contribution in [0.3, 0.4) is 0 Å². The average molecular weight is 304 g/mol. The number of phenols is 1. The summed E-state index contributed by atoms with van der Waals surface area (Å²) >= 11 is 5.97. The molecule has 3 rings (SSSR count). The highest BCUT2D eigenvalue weighted by Crippen LogP contribution is 2.37. The third kappa shape index (κ3) is 2.64. The van der Waals surface area contributed by atoms with Gasteiger partial charge in [0.1, 0.15) is 5.75 Å². The van der Waals surface area contributed by atoms with Gasteiger partial charge in [0.2, 0.25) is 0 Å². The number of rotatable bonds is 4. The number of aliphatic hydroxyl groups is 1. The molecule has 2 aromatic rings. The van der Waals surface area contributed by atoms with Gasteiger partial charge >= 0.3 is 0 Å². The first-order valence-electron chi connectivity index (χ1n) is 7.06. The predicted octanol–water partition coefficient (Wildman–Crippen LogP) is 2.97. The predicted molar refractivity (Wildman–Crippen MR) is 83.5 cm³/mol. The van der Waals surface area contributed by atoms with E-state index in [1.165, 1.54) is 5.56 Å². The van der Waals surface area contributed by atoms with E-state index < -0.39 is 5.54 Å². The molecule has 0 heterocycles. The van der Waals surface area contributed by atoms with E-state index in [1.807, 2.05) is 12.1 Å². The molecule has 1 aliphatic carbocycles. The Kier molecular flexibility index (Phi) is 3.89. The lowest BCUT2D eigenvalue weighted by Gasteiger charge is -2.30. The molecule has 0 fully saturated rings. The van der Waals surface area contributed by atoms with Crippen LogP contribution in [0.15, 0.2) is 42.5 Å². The van der Waals surface area contributed by atoms with Gasteiger partial charge in [-0.1, -0.05) is 35.9 Å². The zero-order chi connectivity index (χ0) is 14.9. The van der Waals surface area contributed by atoms with Gasteiger partial charge in [-0.2, -0.15) is 0 Å². The first kappa shape index (κ1) is 14.4. The summed E-state index contributed by atoms with van der Waals surface area (Å²) in [7, 11) is 0. The minimum atomic E-state index is -0.439. The summed E-state index contributed by atoms with van der Waals surface area (Å²) < 4.78 is 0. The minimum absolute atomic E-state index is 0.0331. The maximum atomic E-state index is 9.91. The van der Waals surface area contributed by atoms with E-state index in [1.54, 1.807) is 18.2 Å². The number of aryl methyl sites for hydroxylation is 1. The zero-order valence-corrected chi connectivity index (χ0v) is 12.4. The molecule has 0 saturated carbocycles. The van der Waals surface area contributed by atoms with E-state index in [-0.39, 0.29) is 12.4 Å². The van der Waals surface area contributed by atoms with Gasteiger partial charge in [0, 0.05) is 17.1 Å². The number of nitrogens with one attached hydrogen (secondary N) is 1. The SMILES string of the molecule is OCC1(NCc2cc(Cl)ccc2O)CCc2ccccc21. The van der Waals surface area contributed by atoms with E-state index in [0.717, 1.165) is 24.0 Å². The molecular formula is C17H18ClNO2. The topological polar surface area (TPSA) is 52.5 Å². The summed E-state index contributed by atoms with van der Waals surface area (Å²) in [6.45, 7) is 0.493. The van der Waals surface area contributed by atoms with Gasteiger partial charge in [0.05, 0.1) is 12.1 Å². The van der Waals surface area contributed by atoms with Crippen molar-refractivity contribution in [3.05, 3.63) is 64.2 Å². The summed E-state index contributed by atoms with van der Waals surface area (Å²) in [5.41, 5.74) is 2.72. The molecule has 1 atom stereocenters. The van der Waals surface area contributed by atoms with Crippen molar-refractivity contribution < 1.29 is 10.2 Å². The Morgan fingerprint density at radius 1 is 1.19 bits per heavy atom. The first-order valence-corrected chi connectivity index (χ1v) is 7.44. The van der Waals surface area contributed by atoms with Crippen LogP contribution in [0, 0.1) is 0 Å². The summed E-state index contributed by atoms with van der Waals surface area (Å²) in [6.07, 6.45) is 1.80. The van der Waals surface area contributed by atoms with Crippen LogP contribution in [0.1, 0.15) is 23.1 Å². The maximum absolute atomic E-state index is 9.91. The Labute approximate surface area is 129 Å². The van der Waals surface area contributed by atoms with Crippen LogP contribution in [0.25, 0.3) is 0 Å². The molecule has 0 spiro atoms. The van der Waals surface area contributed by atoms with Crippen LogP contribution in [-0.2, 0) is 18.5 Å². The molecule has 0 amide bonds. The van der Waals surface area contributed by atoms with Crippen LogP contribution in [0.5, 0.6) is 5.75 Å². The number of hydrogen-bond acceptors (Lipinski definition) is 3. The van der Waals surface area contributed by atoms with E-state index >= 15 is 0 Å². The second kappa shape index (κ2) is 5.68. The van der Waals surface area contributed by atoms with Crippen molar-refractivity contribution in [1.82, 2.24) is 5.32 Å². The molecule has 4 heteroatoms. The Hall–Kier alpha value is -1.55. The smallest absolute Gasteiger partial charge is 0.120 e. The van der Waals surface area contributed by atoms with E-state index in [2.05, 4.69) is 17.4 Å². The zero-order valence-electron chi connectivity index (χ0n) is 11.6. The molecule has 2 aromatic carbocycles. The second-order valence-corrected chi connectivity index (χ2v) is 5.96. The first-order chi connectivity index (χ1) is 10.1. The van der Waals surface area contributed by atoms with E-state index in [9.17, 15) is 10.2 Å². The van der Waals surface area contributed by atoms with Crippen molar-refractivity contribution in [2.45, 2.75) is 24.9 Å². The summed E-state index contributed by atoms with van der Waals surface area (Å²) in [5.74, 6) is 0.214. The van der Waals surface area contributed by atoms with Crippen LogP contribution in [0.4, 0.5) is 0 Å². The molecule has 0 saturated heterocycles. The number of aromatic hydroxyl groups is 1. The summed E-state index contributed by atoms with van der Waals surface area (Å²) in [4.78, 5) is 0. The highest BCUT2D eigenvalue weighted by atomic mass is 35.5. The summed E-state index contributed by atoms with van der Waals surface area (Å²) in [6, 6.07) is 13.2. The van der Waals surface area contributed by atoms with Crippen LogP contribution < -0.4 is 5.32 Å². The van der Waals surface area contributed by atoms with Crippen molar-refractivity contribution in [2.75, 3.05) is 6.61 Å². The van der Waals surface area contributed by atoms with Gasteiger partial charge in [-0.15, -0.1) is 0 Å². The fourth-order valence-electron chi connectivity index (χ4n) is 3.05. The molecule has 0 bridgehead atoms. The third-order valence-corrected chi connectivity index (χ3v) is 4.52. The molecule has 3 nitrogen and oxygen atoms in total. The van der Waals surface area contributed by atoms with Crippen LogP contribution >= 0.6 is 11.6 Å². The molecule has 0 radical (unpaired) electrons. The normalized spacial score (nSPS) is 20.5. The largest absolute Gasteiger partial charge is 0.508 e. The van der Waals surface area contributed by atoms with Crippen molar-refractivity contribution in [2.24, 2.45) is 0 Å². The number of hydrogen-bond donors (Lipinski definition) is 3. The van der Waals surface area contributed by atoms with Gasteiger partial charge in [-0.25, -0.2) is 0 Å². The number of aliphatic hydroxyl groups excluding tert-OH is 1. The molecule has 1 unspecified atom stereocenters. The lowest BCUT2D eigenvalue weighted by atomic mass is 9.92.